The summed E-state index contributed by atoms with van der Waals surface area (Å²) < 4.78 is 22.1. The van der Waals surface area contributed by atoms with Crippen molar-refractivity contribution in [2.24, 2.45) is 0 Å². The van der Waals surface area contributed by atoms with E-state index in [0.717, 1.165) is 5.56 Å². The standard InChI is InChI=1S/C36H36N2O8/c1-21-10-12-22(13-11-21)33(40)45-20-28-26(16-17-29-31(28)38(4)35(42)36(2,3)37-29)27-15-14-25(19-30(27)43-5)46-34(41)24-9-7-8-23(18-24)32(39)44-6/h7-19,32,37,39H,20H2,1-6H3. The van der Waals surface area contributed by atoms with E-state index in [1.54, 1.807) is 74.3 Å². The maximum Gasteiger partial charge on any atom is 0.343 e. The number of rotatable bonds is 9. The van der Waals surface area contributed by atoms with Crippen LogP contribution in [0.5, 0.6) is 11.5 Å². The van der Waals surface area contributed by atoms with Gasteiger partial charge in [0.05, 0.1) is 29.6 Å². The number of carbonyl (C=O) groups is 3. The van der Waals surface area contributed by atoms with Gasteiger partial charge in [0.25, 0.3) is 5.91 Å². The number of methoxy groups -OCH3 is 2. The van der Waals surface area contributed by atoms with Gasteiger partial charge in [-0.3, -0.25) is 4.79 Å². The fourth-order valence-corrected chi connectivity index (χ4v) is 5.42. The topological polar surface area (TPSA) is 124 Å². The number of ether oxygens (including phenoxy) is 4. The van der Waals surface area contributed by atoms with Crippen LogP contribution in [0.25, 0.3) is 11.1 Å². The first-order valence-corrected chi connectivity index (χ1v) is 14.6. The minimum atomic E-state index is -1.18. The quantitative estimate of drug-likeness (QED) is 0.130. The maximum atomic E-state index is 13.3. The van der Waals surface area contributed by atoms with Crippen LogP contribution >= 0.6 is 0 Å². The summed E-state index contributed by atoms with van der Waals surface area (Å²) in [5, 5.41) is 13.3. The van der Waals surface area contributed by atoms with Crippen molar-refractivity contribution in [3.63, 3.8) is 0 Å². The van der Waals surface area contributed by atoms with Gasteiger partial charge in [-0.15, -0.1) is 0 Å². The largest absolute Gasteiger partial charge is 0.496 e. The van der Waals surface area contributed by atoms with Gasteiger partial charge < -0.3 is 34.3 Å². The van der Waals surface area contributed by atoms with Crippen LogP contribution < -0.4 is 19.7 Å². The highest BCUT2D eigenvalue weighted by Crippen LogP contribution is 2.45. The third-order valence-electron chi connectivity index (χ3n) is 7.84. The van der Waals surface area contributed by atoms with E-state index in [9.17, 15) is 19.5 Å². The van der Waals surface area contributed by atoms with E-state index in [1.165, 1.54) is 20.3 Å². The number of hydrogen-bond donors (Lipinski definition) is 2. The number of hydrogen-bond acceptors (Lipinski definition) is 9. The number of nitrogens with one attached hydrogen (secondary N) is 1. The molecule has 1 unspecified atom stereocenters. The molecule has 0 saturated heterocycles. The summed E-state index contributed by atoms with van der Waals surface area (Å²) in [6, 6.07) is 22.1. The Morgan fingerprint density at radius 2 is 1.63 bits per heavy atom. The molecule has 1 aliphatic heterocycles. The lowest BCUT2D eigenvalue weighted by atomic mass is 9.91. The number of likely N-dealkylation sites (N-methyl/N-ethyl adjacent to an activating group) is 1. The normalized spacial score (nSPS) is 14.2. The Kier molecular flexibility index (Phi) is 9.13. The van der Waals surface area contributed by atoms with Crippen LogP contribution in [-0.4, -0.2) is 49.8 Å². The summed E-state index contributed by atoms with van der Waals surface area (Å²) in [5.74, 6) is -0.675. The van der Waals surface area contributed by atoms with Gasteiger partial charge >= 0.3 is 11.9 Å². The Labute approximate surface area is 267 Å². The summed E-state index contributed by atoms with van der Waals surface area (Å²) >= 11 is 0. The minimum Gasteiger partial charge on any atom is -0.496 e. The molecule has 0 fully saturated rings. The molecule has 46 heavy (non-hydrogen) atoms. The molecule has 1 atom stereocenters. The van der Waals surface area contributed by atoms with Crippen molar-refractivity contribution in [3.8, 4) is 22.6 Å². The lowest BCUT2D eigenvalue weighted by Gasteiger charge is -2.39. The molecule has 1 amide bonds. The minimum absolute atomic E-state index is 0.130. The second kappa shape index (κ2) is 13.0. The Balaban J connectivity index is 1.51. The molecule has 0 aliphatic carbocycles. The summed E-state index contributed by atoms with van der Waals surface area (Å²) in [6.45, 7) is 5.41. The number of aliphatic hydroxyl groups excluding tert-OH is 1. The SMILES string of the molecule is COc1cc(OC(=O)c2cccc(C(O)OC)c2)ccc1-c1ccc2c(c1COC(=O)c1ccc(C)cc1)N(C)C(=O)C(C)(C)N2. The molecule has 0 saturated carbocycles. The summed E-state index contributed by atoms with van der Waals surface area (Å²) in [5.41, 5.74) is 4.39. The number of carbonyl (C=O) groups excluding carboxylic acids is 3. The van der Waals surface area contributed by atoms with Crippen LogP contribution in [0, 0.1) is 6.92 Å². The number of benzene rings is 4. The van der Waals surface area contributed by atoms with Crippen molar-refractivity contribution in [1.29, 1.82) is 0 Å². The Bertz CT molecular complexity index is 1800. The Hall–Kier alpha value is -5.19. The van der Waals surface area contributed by atoms with E-state index in [-0.39, 0.29) is 23.8 Å². The van der Waals surface area contributed by atoms with Crippen LogP contribution in [0.4, 0.5) is 11.4 Å². The smallest absolute Gasteiger partial charge is 0.343 e. The third-order valence-corrected chi connectivity index (χ3v) is 7.84. The van der Waals surface area contributed by atoms with Crippen LogP contribution in [0.1, 0.15) is 57.5 Å². The highest BCUT2D eigenvalue weighted by atomic mass is 16.6. The zero-order valence-electron chi connectivity index (χ0n) is 26.5. The van der Waals surface area contributed by atoms with Gasteiger partial charge in [0.15, 0.2) is 6.29 Å². The van der Waals surface area contributed by atoms with E-state index >= 15 is 0 Å². The molecule has 5 rings (SSSR count). The number of esters is 2. The first-order valence-electron chi connectivity index (χ1n) is 14.6. The third kappa shape index (κ3) is 6.44. The fraction of sp³-hybridized carbons (Fsp3) is 0.250. The molecule has 1 heterocycles. The molecule has 2 N–H and O–H groups in total. The summed E-state index contributed by atoms with van der Waals surface area (Å²) in [7, 11) is 4.55. The first-order chi connectivity index (χ1) is 21.9. The molecule has 1 aliphatic rings. The molecular formula is C36H36N2O8. The van der Waals surface area contributed by atoms with Gasteiger partial charge in [-0.1, -0.05) is 35.9 Å². The van der Waals surface area contributed by atoms with Gasteiger partial charge in [0, 0.05) is 36.9 Å². The number of fused-ring (bicyclic) bond motifs is 1. The van der Waals surface area contributed by atoms with Crippen molar-refractivity contribution >= 4 is 29.2 Å². The second-order valence-corrected chi connectivity index (χ2v) is 11.5. The van der Waals surface area contributed by atoms with Crippen molar-refractivity contribution in [3.05, 3.63) is 107 Å². The average molecular weight is 625 g/mol. The average Bonchev–Trinajstić information content (AvgIpc) is 3.05. The van der Waals surface area contributed by atoms with Crippen molar-refractivity contribution < 1.29 is 38.4 Å². The molecule has 4 aromatic rings. The van der Waals surface area contributed by atoms with E-state index < -0.39 is 23.8 Å². The summed E-state index contributed by atoms with van der Waals surface area (Å²) in [4.78, 5) is 40.9. The molecule has 10 nitrogen and oxygen atoms in total. The van der Waals surface area contributed by atoms with Crippen LogP contribution in [-0.2, 0) is 20.9 Å². The molecule has 4 aromatic carbocycles. The Morgan fingerprint density at radius 3 is 2.33 bits per heavy atom. The van der Waals surface area contributed by atoms with Crippen molar-refractivity contribution in [2.45, 2.75) is 39.2 Å². The highest BCUT2D eigenvalue weighted by Gasteiger charge is 2.39. The van der Waals surface area contributed by atoms with E-state index in [2.05, 4.69) is 5.32 Å². The molecule has 0 bridgehead atoms. The van der Waals surface area contributed by atoms with E-state index in [4.69, 9.17) is 18.9 Å². The Morgan fingerprint density at radius 1 is 0.913 bits per heavy atom. The molecule has 10 heteroatoms. The molecule has 238 valence electrons. The number of aryl methyl sites for hydroxylation is 1. The number of anilines is 2. The predicted molar refractivity (Wildman–Crippen MR) is 173 cm³/mol. The highest BCUT2D eigenvalue weighted by molar-refractivity contribution is 6.09. The van der Waals surface area contributed by atoms with E-state index in [0.29, 0.717) is 44.9 Å². The molecule has 0 radical (unpaired) electrons. The summed E-state index contributed by atoms with van der Waals surface area (Å²) in [6.07, 6.45) is -1.18. The van der Waals surface area contributed by atoms with Gasteiger partial charge in [0.1, 0.15) is 23.6 Å². The first kappa shape index (κ1) is 32.2. The predicted octanol–water partition coefficient (Wildman–Crippen LogP) is 6.05. The van der Waals surface area contributed by atoms with Gasteiger partial charge in [0.2, 0.25) is 0 Å². The van der Waals surface area contributed by atoms with Crippen molar-refractivity contribution in [1.82, 2.24) is 0 Å². The zero-order valence-corrected chi connectivity index (χ0v) is 26.5. The number of aliphatic hydroxyl groups is 1. The van der Waals surface area contributed by atoms with Crippen LogP contribution in [0.2, 0.25) is 0 Å². The molecule has 0 spiro atoms. The zero-order chi connectivity index (χ0) is 33.2. The second-order valence-electron chi connectivity index (χ2n) is 11.5. The number of nitrogens with zero attached hydrogens (tertiary/aromatic N) is 1. The number of amides is 1. The van der Waals surface area contributed by atoms with Crippen molar-refractivity contribution in [2.75, 3.05) is 31.5 Å². The lowest BCUT2D eigenvalue weighted by Crippen LogP contribution is -2.52. The van der Waals surface area contributed by atoms with E-state index in [1.807, 2.05) is 31.2 Å². The van der Waals surface area contributed by atoms with Gasteiger partial charge in [-0.2, -0.15) is 0 Å². The monoisotopic (exact) mass is 624 g/mol. The molecule has 0 aromatic heterocycles. The lowest BCUT2D eigenvalue weighted by molar-refractivity contribution is -0.121. The fourth-order valence-electron chi connectivity index (χ4n) is 5.42. The van der Waals surface area contributed by atoms with Crippen LogP contribution in [0.3, 0.4) is 0 Å². The van der Waals surface area contributed by atoms with Gasteiger partial charge in [-0.05, 0) is 68.8 Å². The van der Waals surface area contributed by atoms with Gasteiger partial charge in [-0.25, -0.2) is 9.59 Å². The van der Waals surface area contributed by atoms with Crippen LogP contribution in [0.15, 0.2) is 78.9 Å². The molecular weight excluding hydrogens is 588 g/mol. The maximum absolute atomic E-state index is 13.3.